The van der Waals surface area contributed by atoms with Crippen LogP contribution in [0, 0.1) is 6.92 Å². The van der Waals surface area contributed by atoms with Crippen molar-refractivity contribution >= 4 is 0 Å². The van der Waals surface area contributed by atoms with E-state index in [1.54, 1.807) is 7.11 Å². The van der Waals surface area contributed by atoms with Crippen LogP contribution in [0.2, 0.25) is 0 Å². The fraction of sp³-hybridized carbons (Fsp3) is 0.643. The van der Waals surface area contributed by atoms with E-state index in [9.17, 15) is 0 Å². The molecule has 17 heavy (non-hydrogen) atoms. The number of hydrogen-bond donors (Lipinski definition) is 1. The van der Waals surface area contributed by atoms with Crippen LogP contribution in [0.3, 0.4) is 0 Å². The highest BCUT2D eigenvalue weighted by molar-refractivity contribution is 5.26. The third kappa shape index (κ3) is 4.00. The van der Waals surface area contributed by atoms with Gasteiger partial charge < -0.3 is 10.1 Å². The summed E-state index contributed by atoms with van der Waals surface area (Å²) in [5.41, 5.74) is 2.23. The fourth-order valence-electron chi connectivity index (χ4n) is 1.72. The number of nitrogens with one attached hydrogen (secondary N) is 1. The molecule has 0 spiro atoms. The molecule has 0 amide bonds. The Hall–Kier alpha value is -1.09. The summed E-state index contributed by atoms with van der Waals surface area (Å²) in [6, 6.07) is 3.94. The van der Waals surface area contributed by atoms with Gasteiger partial charge >= 0.3 is 0 Å². The topological polar surface area (TPSA) is 34.1 Å². The number of pyridine rings is 1. The lowest BCUT2D eigenvalue weighted by molar-refractivity contribution is 0.327. The summed E-state index contributed by atoms with van der Waals surface area (Å²) in [6.07, 6.45) is 2.24. The van der Waals surface area contributed by atoms with Crippen molar-refractivity contribution in [3.63, 3.8) is 0 Å². The fourth-order valence-corrected chi connectivity index (χ4v) is 1.72. The summed E-state index contributed by atoms with van der Waals surface area (Å²) in [7, 11) is 1.69. The molecule has 0 aliphatic carbocycles. The minimum Gasteiger partial charge on any atom is -0.497 e. The molecule has 0 saturated carbocycles. The molecule has 0 saturated heterocycles. The number of aromatic nitrogens is 1. The largest absolute Gasteiger partial charge is 0.497 e. The number of ether oxygens (including phenoxy) is 1. The minimum absolute atomic E-state index is 0.193. The van der Waals surface area contributed by atoms with Gasteiger partial charge in [-0.15, -0.1) is 0 Å². The highest BCUT2D eigenvalue weighted by Gasteiger charge is 2.18. The van der Waals surface area contributed by atoms with Crippen LogP contribution in [0.1, 0.15) is 45.0 Å². The van der Waals surface area contributed by atoms with Gasteiger partial charge in [-0.05, 0) is 26.7 Å². The molecule has 0 aromatic carbocycles. The maximum absolute atomic E-state index is 5.25. The summed E-state index contributed by atoms with van der Waals surface area (Å²) in [5, 5.41) is 3.57. The molecule has 0 bridgehead atoms. The van der Waals surface area contributed by atoms with E-state index in [4.69, 9.17) is 4.74 Å². The molecular weight excluding hydrogens is 212 g/mol. The van der Waals surface area contributed by atoms with Crippen LogP contribution in [0.15, 0.2) is 12.1 Å². The lowest BCUT2D eigenvalue weighted by Crippen LogP contribution is -2.40. The van der Waals surface area contributed by atoms with Crippen molar-refractivity contribution in [2.24, 2.45) is 0 Å². The first-order chi connectivity index (χ1) is 8.03. The summed E-state index contributed by atoms with van der Waals surface area (Å²) < 4.78 is 5.25. The van der Waals surface area contributed by atoms with Gasteiger partial charge in [-0.1, -0.05) is 13.8 Å². The van der Waals surface area contributed by atoms with Crippen molar-refractivity contribution in [3.05, 3.63) is 23.5 Å². The van der Waals surface area contributed by atoms with E-state index in [-0.39, 0.29) is 5.54 Å². The van der Waals surface area contributed by atoms with E-state index in [0.717, 1.165) is 36.5 Å². The molecular formula is C14H24N2O. The van der Waals surface area contributed by atoms with E-state index in [2.05, 4.69) is 31.1 Å². The summed E-state index contributed by atoms with van der Waals surface area (Å²) in [5.74, 6) is 0.879. The Labute approximate surface area is 105 Å². The molecule has 1 aromatic rings. The van der Waals surface area contributed by atoms with Crippen molar-refractivity contribution in [2.45, 2.75) is 52.6 Å². The van der Waals surface area contributed by atoms with Crippen LogP contribution >= 0.6 is 0 Å². The van der Waals surface area contributed by atoms with Crippen molar-refractivity contribution in [2.75, 3.05) is 7.11 Å². The Morgan fingerprint density at radius 3 is 2.47 bits per heavy atom. The van der Waals surface area contributed by atoms with Gasteiger partial charge in [0.15, 0.2) is 0 Å². The van der Waals surface area contributed by atoms with E-state index in [0.29, 0.717) is 0 Å². The molecule has 1 N–H and O–H groups in total. The molecule has 0 fully saturated rings. The molecule has 0 radical (unpaired) electrons. The second-order valence-electron chi connectivity index (χ2n) is 4.76. The molecule has 1 aromatic heterocycles. The second-order valence-corrected chi connectivity index (χ2v) is 4.76. The normalized spacial score (nSPS) is 11.6. The van der Waals surface area contributed by atoms with E-state index in [1.165, 1.54) is 0 Å². The van der Waals surface area contributed by atoms with Gasteiger partial charge in [-0.3, -0.25) is 4.98 Å². The molecule has 1 rings (SSSR count). The van der Waals surface area contributed by atoms with Crippen molar-refractivity contribution in [1.29, 1.82) is 0 Å². The third-order valence-corrected chi connectivity index (χ3v) is 3.47. The van der Waals surface area contributed by atoms with Gasteiger partial charge in [-0.2, -0.15) is 0 Å². The Morgan fingerprint density at radius 2 is 1.94 bits per heavy atom. The average Bonchev–Trinajstić information content (AvgIpc) is 2.35. The predicted octanol–water partition coefficient (Wildman–Crippen LogP) is 3.07. The van der Waals surface area contributed by atoms with Crippen LogP contribution in [-0.4, -0.2) is 17.6 Å². The third-order valence-electron chi connectivity index (χ3n) is 3.47. The van der Waals surface area contributed by atoms with Crippen LogP contribution in [0.4, 0.5) is 0 Å². The summed E-state index contributed by atoms with van der Waals surface area (Å²) in [4.78, 5) is 4.51. The van der Waals surface area contributed by atoms with Crippen molar-refractivity contribution in [1.82, 2.24) is 10.3 Å². The predicted molar refractivity (Wildman–Crippen MR) is 71.4 cm³/mol. The van der Waals surface area contributed by atoms with Gasteiger partial charge in [0, 0.05) is 29.9 Å². The zero-order valence-electron chi connectivity index (χ0n) is 11.6. The van der Waals surface area contributed by atoms with E-state index in [1.807, 2.05) is 19.1 Å². The standard InChI is InChI=1S/C14H24N2O/c1-6-14(4,7-2)15-10-12-9-13(17-5)8-11(3)16-12/h8-9,15H,6-7,10H2,1-5H3. The van der Waals surface area contributed by atoms with Crippen LogP contribution in [0.25, 0.3) is 0 Å². The summed E-state index contributed by atoms with van der Waals surface area (Å²) in [6.45, 7) is 9.45. The Kier molecular flexibility index (Phi) is 4.94. The maximum Gasteiger partial charge on any atom is 0.122 e. The Morgan fingerprint density at radius 1 is 1.29 bits per heavy atom. The number of rotatable bonds is 6. The molecule has 3 nitrogen and oxygen atoms in total. The number of nitrogens with zero attached hydrogens (tertiary/aromatic N) is 1. The monoisotopic (exact) mass is 236 g/mol. The number of hydrogen-bond acceptors (Lipinski definition) is 3. The van der Waals surface area contributed by atoms with Gasteiger partial charge in [-0.25, -0.2) is 0 Å². The molecule has 96 valence electrons. The van der Waals surface area contributed by atoms with Gasteiger partial charge in [0.05, 0.1) is 12.8 Å². The first-order valence-corrected chi connectivity index (χ1v) is 6.29. The molecule has 0 aliphatic heterocycles. The Balaban J connectivity index is 2.72. The highest BCUT2D eigenvalue weighted by atomic mass is 16.5. The quantitative estimate of drug-likeness (QED) is 0.824. The lowest BCUT2D eigenvalue weighted by atomic mass is 9.95. The van der Waals surface area contributed by atoms with Gasteiger partial charge in [0.2, 0.25) is 0 Å². The van der Waals surface area contributed by atoms with Crippen LogP contribution < -0.4 is 10.1 Å². The SMILES string of the molecule is CCC(C)(CC)NCc1cc(OC)cc(C)n1. The zero-order chi connectivity index (χ0) is 12.9. The molecule has 0 atom stereocenters. The maximum atomic E-state index is 5.25. The van der Waals surface area contributed by atoms with Gasteiger partial charge in [0.1, 0.15) is 5.75 Å². The smallest absolute Gasteiger partial charge is 0.122 e. The minimum atomic E-state index is 0.193. The number of aryl methyl sites for hydroxylation is 1. The first kappa shape index (κ1) is 14.0. The number of methoxy groups -OCH3 is 1. The Bertz CT molecular complexity index is 359. The molecule has 0 unspecified atom stereocenters. The molecule has 0 aliphatic rings. The van der Waals surface area contributed by atoms with Crippen molar-refractivity contribution in [3.8, 4) is 5.75 Å². The first-order valence-electron chi connectivity index (χ1n) is 6.29. The van der Waals surface area contributed by atoms with Crippen LogP contribution in [-0.2, 0) is 6.54 Å². The highest BCUT2D eigenvalue weighted by Crippen LogP contribution is 2.17. The second kappa shape index (κ2) is 6.01. The zero-order valence-corrected chi connectivity index (χ0v) is 11.6. The lowest BCUT2D eigenvalue weighted by Gasteiger charge is -2.28. The van der Waals surface area contributed by atoms with Gasteiger partial charge in [0.25, 0.3) is 0 Å². The van der Waals surface area contributed by atoms with Crippen LogP contribution in [0.5, 0.6) is 5.75 Å². The average molecular weight is 236 g/mol. The summed E-state index contributed by atoms with van der Waals surface area (Å²) >= 11 is 0. The van der Waals surface area contributed by atoms with E-state index < -0.39 is 0 Å². The van der Waals surface area contributed by atoms with Crippen molar-refractivity contribution < 1.29 is 4.74 Å². The van der Waals surface area contributed by atoms with E-state index >= 15 is 0 Å². The molecule has 1 heterocycles. The molecule has 3 heteroatoms.